The zero-order chi connectivity index (χ0) is 8.86. The van der Waals surface area contributed by atoms with Gasteiger partial charge in [0.25, 0.3) is 0 Å². The fourth-order valence-corrected chi connectivity index (χ4v) is 9.13. The molecule has 6 heteroatoms. The summed E-state index contributed by atoms with van der Waals surface area (Å²) in [5.74, 6) is 3.80. The molecule has 0 aromatic heterocycles. The molecule has 1 aliphatic rings. The van der Waals surface area contributed by atoms with Crippen molar-refractivity contribution in [2.45, 2.75) is 3.41 Å². The number of thiol groups is 2. The minimum absolute atomic E-state index is 0.340. The summed E-state index contributed by atoms with van der Waals surface area (Å²) >= 11 is 16.6. The van der Waals surface area contributed by atoms with Crippen LogP contribution in [0.15, 0.2) is 0 Å². The number of thioether (sulfide) groups is 4. The van der Waals surface area contributed by atoms with Crippen molar-refractivity contribution in [3.05, 3.63) is 0 Å². The predicted molar refractivity (Wildman–Crippen MR) is 75.4 cm³/mol. The van der Waals surface area contributed by atoms with Gasteiger partial charge >= 0.3 is 0 Å². The van der Waals surface area contributed by atoms with Crippen molar-refractivity contribution in [3.8, 4) is 0 Å². The molecule has 0 unspecified atom stereocenters. The summed E-state index contributed by atoms with van der Waals surface area (Å²) in [6, 6.07) is 0. The SMILES string of the molecule is SCSC1(SCS)CSCCS1. The first-order chi connectivity index (χ1) is 5.83. The summed E-state index contributed by atoms with van der Waals surface area (Å²) in [4.78, 5) is 0. The van der Waals surface area contributed by atoms with E-state index in [1.165, 1.54) is 17.3 Å². The van der Waals surface area contributed by atoms with E-state index >= 15 is 0 Å². The third kappa shape index (κ3) is 3.69. The Balaban J connectivity index is 2.44. The van der Waals surface area contributed by atoms with E-state index in [1.807, 2.05) is 23.5 Å². The molecular formula is C6H12S6. The van der Waals surface area contributed by atoms with Gasteiger partial charge in [-0.2, -0.15) is 37.0 Å². The topological polar surface area (TPSA) is 0 Å². The third-order valence-corrected chi connectivity index (χ3v) is 8.65. The fraction of sp³-hybridized carbons (Fsp3) is 1.00. The quantitative estimate of drug-likeness (QED) is 0.596. The van der Waals surface area contributed by atoms with Gasteiger partial charge in [-0.05, 0) is 0 Å². The second-order valence-electron chi connectivity index (χ2n) is 2.13. The van der Waals surface area contributed by atoms with Crippen LogP contribution in [-0.2, 0) is 0 Å². The van der Waals surface area contributed by atoms with Gasteiger partial charge in [0.05, 0.1) is 0 Å². The van der Waals surface area contributed by atoms with E-state index < -0.39 is 0 Å². The van der Waals surface area contributed by atoms with E-state index in [0.717, 1.165) is 10.2 Å². The lowest BCUT2D eigenvalue weighted by Crippen LogP contribution is -2.24. The van der Waals surface area contributed by atoms with Gasteiger partial charge in [-0.15, -0.1) is 35.3 Å². The largest absolute Gasteiger partial charge is 0.168 e. The lowest BCUT2D eigenvalue weighted by atomic mass is 10.9. The monoisotopic (exact) mass is 276 g/mol. The first kappa shape index (κ1) is 12.2. The molecule has 1 saturated heterocycles. The molecule has 0 nitrogen and oxygen atoms in total. The molecule has 0 N–H and O–H groups in total. The highest BCUT2D eigenvalue weighted by Crippen LogP contribution is 2.51. The third-order valence-electron chi connectivity index (χ3n) is 1.40. The normalized spacial score (nSPS) is 22.5. The summed E-state index contributed by atoms with van der Waals surface area (Å²) < 4.78 is 0.340. The standard InChI is InChI=1S/C6H12S6/c7-4-11-6(12-5-8)3-9-1-2-10-6/h7-8H,1-5H2. The molecule has 1 rings (SSSR count). The Morgan fingerprint density at radius 3 is 2.25 bits per heavy atom. The van der Waals surface area contributed by atoms with Crippen molar-refractivity contribution in [2.24, 2.45) is 0 Å². The molecule has 0 amide bonds. The van der Waals surface area contributed by atoms with Gasteiger partial charge in [0.15, 0.2) is 0 Å². The molecule has 0 atom stereocenters. The Labute approximate surface area is 102 Å². The van der Waals surface area contributed by atoms with Gasteiger partial charge in [-0.3, -0.25) is 0 Å². The average Bonchev–Trinajstić information content (AvgIpc) is 2.07. The van der Waals surface area contributed by atoms with Crippen LogP contribution in [0.2, 0.25) is 0 Å². The molecule has 1 heterocycles. The number of hydrogen-bond acceptors (Lipinski definition) is 6. The maximum Gasteiger partial charge on any atom is 0.117 e. The predicted octanol–water partition coefficient (Wildman–Crippen LogP) is 3.36. The van der Waals surface area contributed by atoms with Crippen molar-refractivity contribution in [3.63, 3.8) is 0 Å². The summed E-state index contributed by atoms with van der Waals surface area (Å²) in [5, 5.41) is 1.82. The Morgan fingerprint density at radius 1 is 1.17 bits per heavy atom. The summed E-state index contributed by atoms with van der Waals surface area (Å²) in [5.41, 5.74) is 0. The molecule has 1 fully saturated rings. The van der Waals surface area contributed by atoms with Crippen LogP contribution >= 0.6 is 72.3 Å². The maximum atomic E-state index is 4.28. The number of rotatable bonds is 4. The Kier molecular flexibility index (Phi) is 6.65. The van der Waals surface area contributed by atoms with Crippen LogP contribution in [0.5, 0.6) is 0 Å². The Bertz CT molecular complexity index is 106. The van der Waals surface area contributed by atoms with Crippen molar-refractivity contribution in [1.82, 2.24) is 0 Å². The molecular weight excluding hydrogens is 264 g/mol. The van der Waals surface area contributed by atoms with Gasteiger partial charge < -0.3 is 0 Å². The first-order valence-corrected chi connectivity index (χ1v) is 8.92. The van der Waals surface area contributed by atoms with Crippen molar-refractivity contribution < 1.29 is 0 Å². The summed E-state index contributed by atoms with van der Waals surface area (Å²) in [7, 11) is 0. The average molecular weight is 277 g/mol. The molecule has 72 valence electrons. The van der Waals surface area contributed by atoms with Gasteiger partial charge in [-0.1, -0.05) is 0 Å². The minimum Gasteiger partial charge on any atom is -0.168 e. The molecule has 0 saturated carbocycles. The molecule has 0 radical (unpaired) electrons. The van der Waals surface area contributed by atoms with Crippen molar-refractivity contribution in [2.75, 3.05) is 27.4 Å². The van der Waals surface area contributed by atoms with Crippen LogP contribution in [0.4, 0.5) is 0 Å². The fourth-order valence-electron chi connectivity index (χ4n) is 0.900. The van der Waals surface area contributed by atoms with E-state index in [9.17, 15) is 0 Å². The highest BCUT2D eigenvalue weighted by molar-refractivity contribution is 8.38. The van der Waals surface area contributed by atoms with E-state index in [1.54, 1.807) is 0 Å². The van der Waals surface area contributed by atoms with E-state index in [-0.39, 0.29) is 0 Å². The lowest BCUT2D eigenvalue weighted by molar-refractivity contribution is 1.30. The first-order valence-electron chi connectivity index (χ1n) is 3.54. The maximum absolute atomic E-state index is 4.28. The molecule has 0 bridgehead atoms. The van der Waals surface area contributed by atoms with Crippen LogP contribution in [0, 0.1) is 0 Å². The van der Waals surface area contributed by atoms with Crippen molar-refractivity contribution in [1.29, 1.82) is 0 Å². The highest BCUT2D eigenvalue weighted by atomic mass is 32.3. The molecule has 12 heavy (non-hydrogen) atoms. The van der Waals surface area contributed by atoms with Gasteiger partial charge in [0.1, 0.15) is 3.41 Å². The highest BCUT2D eigenvalue weighted by Gasteiger charge is 2.33. The Morgan fingerprint density at radius 2 is 1.83 bits per heavy atom. The molecule has 0 aliphatic carbocycles. The van der Waals surface area contributed by atoms with Crippen LogP contribution in [0.25, 0.3) is 0 Å². The lowest BCUT2D eigenvalue weighted by Gasteiger charge is -2.34. The van der Waals surface area contributed by atoms with Crippen LogP contribution in [-0.4, -0.2) is 30.8 Å². The molecule has 0 aromatic rings. The summed E-state index contributed by atoms with van der Waals surface area (Å²) in [6.45, 7) is 0. The molecule has 0 aromatic carbocycles. The Hall–Kier alpha value is 2.10. The second-order valence-corrected chi connectivity index (χ2v) is 9.44. The van der Waals surface area contributed by atoms with Gasteiger partial charge in [0, 0.05) is 27.4 Å². The van der Waals surface area contributed by atoms with E-state index in [0.29, 0.717) is 3.41 Å². The van der Waals surface area contributed by atoms with Crippen LogP contribution in [0.1, 0.15) is 0 Å². The zero-order valence-corrected chi connectivity index (χ0v) is 11.6. The van der Waals surface area contributed by atoms with E-state index in [2.05, 4.69) is 48.8 Å². The van der Waals surface area contributed by atoms with Crippen molar-refractivity contribution >= 4 is 72.3 Å². The van der Waals surface area contributed by atoms with Crippen LogP contribution < -0.4 is 0 Å². The summed E-state index contributed by atoms with van der Waals surface area (Å²) in [6.07, 6.45) is 0. The number of hydrogen-bond donors (Lipinski definition) is 2. The van der Waals surface area contributed by atoms with Crippen LogP contribution in [0.3, 0.4) is 0 Å². The molecule has 1 aliphatic heterocycles. The minimum atomic E-state index is 0.340. The zero-order valence-electron chi connectivity index (χ0n) is 6.56. The second kappa shape index (κ2) is 6.56. The smallest absolute Gasteiger partial charge is 0.117 e. The van der Waals surface area contributed by atoms with Gasteiger partial charge in [-0.25, -0.2) is 0 Å². The van der Waals surface area contributed by atoms with E-state index in [4.69, 9.17) is 0 Å². The van der Waals surface area contributed by atoms with Gasteiger partial charge in [0.2, 0.25) is 0 Å². The molecule has 0 spiro atoms.